The number of nitrogens with two attached hydrogens (primary N) is 1. The van der Waals surface area contributed by atoms with Crippen LogP contribution in [-0.4, -0.2) is 42.8 Å². The third kappa shape index (κ3) is 3.01. The Bertz CT molecular complexity index is 396. The molecule has 1 fully saturated rings. The van der Waals surface area contributed by atoms with Gasteiger partial charge in [0.05, 0.1) is 6.10 Å². The van der Waals surface area contributed by atoms with Gasteiger partial charge in [-0.1, -0.05) is 0 Å². The van der Waals surface area contributed by atoms with Crippen molar-refractivity contribution in [2.75, 3.05) is 42.7 Å². The van der Waals surface area contributed by atoms with Gasteiger partial charge in [-0.3, -0.25) is 0 Å². The Balaban J connectivity index is 2.12. The lowest BCUT2D eigenvalue weighted by Gasteiger charge is -2.33. The van der Waals surface area contributed by atoms with E-state index in [0.29, 0.717) is 5.95 Å². The Morgan fingerprint density at radius 2 is 2.39 bits per heavy atom. The van der Waals surface area contributed by atoms with Gasteiger partial charge in [0.1, 0.15) is 11.6 Å². The summed E-state index contributed by atoms with van der Waals surface area (Å²) in [6.45, 7) is 4.64. The van der Waals surface area contributed by atoms with Gasteiger partial charge in [0, 0.05) is 32.8 Å². The molecular weight excluding hydrogens is 230 g/mol. The van der Waals surface area contributed by atoms with Gasteiger partial charge >= 0.3 is 0 Å². The second kappa shape index (κ2) is 5.86. The average Bonchev–Trinajstić information content (AvgIpc) is 2.39. The number of nitrogens with zero attached hydrogens (tertiary/aromatic N) is 3. The number of aromatic nitrogens is 2. The van der Waals surface area contributed by atoms with E-state index in [4.69, 9.17) is 10.5 Å². The molecule has 1 aliphatic heterocycles. The number of hydrogen-bond acceptors (Lipinski definition) is 6. The maximum absolute atomic E-state index is 5.71. The summed E-state index contributed by atoms with van der Waals surface area (Å²) in [4.78, 5) is 10.6. The predicted octanol–water partition coefficient (Wildman–Crippen LogP) is 1.11. The van der Waals surface area contributed by atoms with Gasteiger partial charge in [0.25, 0.3) is 0 Å². The second-order valence-electron chi connectivity index (χ2n) is 4.39. The van der Waals surface area contributed by atoms with Crippen molar-refractivity contribution in [1.82, 2.24) is 9.97 Å². The summed E-state index contributed by atoms with van der Waals surface area (Å²) in [6, 6.07) is 1.92. The topological polar surface area (TPSA) is 76.3 Å². The molecule has 0 bridgehead atoms. The summed E-state index contributed by atoms with van der Waals surface area (Å²) in [5.74, 6) is 1.92. The van der Waals surface area contributed by atoms with Crippen LogP contribution in [-0.2, 0) is 4.74 Å². The molecule has 2 heterocycles. The minimum atomic E-state index is 0.290. The van der Waals surface area contributed by atoms with Crippen LogP contribution in [0.1, 0.15) is 19.8 Å². The van der Waals surface area contributed by atoms with E-state index in [1.807, 2.05) is 20.0 Å². The smallest absolute Gasteiger partial charge is 0.223 e. The lowest BCUT2D eigenvalue weighted by molar-refractivity contribution is 0.0525. The van der Waals surface area contributed by atoms with Crippen molar-refractivity contribution < 1.29 is 4.74 Å². The fourth-order valence-electron chi connectivity index (χ4n) is 2.26. The number of piperidine rings is 1. The van der Waals surface area contributed by atoms with E-state index in [2.05, 4.69) is 20.2 Å². The largest absolute Gasteiger partial charge is 0.377 e. The van der Waals surface area contributed by atoms with E-state index in [9.17, 15) is 0 Å². The van der Waals surface area contributed by atoms with Crippen molar-refractivity contribution in [1.29, 1.82) is 0 Å². The van der Waals surface area contributed by atoms with Crippen LogP contribution in [0.25, 0.3) is 0 Å². The van der Waals surface area contributed by atoms with Crippen molar-refractivity contribution in [2.24, 2.45) is 0 Å². The molecular formula is C12H21N5O. The molecule has 18 heavy (non-hydrogen) atoms. The van der Waals surface area contributed by atoms with Crippen LogP contribution in [0.4, 0.5) is 17.6 Å². The first-order valence-corrected chi connectivity index (χ1v) is 6.41. The molecule has 6 heteroatoms. The predicted molar refractivity (Wildman–Crippen MR) is 72.9 cm³/mol. The molecule has 0 aliphatic carbocycles. The second-order valence-corrected chi connectivity index (χ2v) is 4.39. The number of nitrogens with one attached hydrogen (secondary N) is 1. The zero-order chi connectivity index (χ0) is 13.0. The quantitative estimate of drug-likeness (QED) is 0.834. The minimum absolute atomic E-state index is 0.290. The Morgan fingerprint density at radius 1 is 1.56 bits per heavy atom. The highest BCUT2D eigenvalue weighted by atomic mass is 16.5. The zero-order valence-electron chi connectivity index (χ0n) is 11.0. The normalized spacial score (nSPS) is 19.9. The van der Waals surface area contributed by atoms with Crippen molar-refractivity contribution >= 4 is 17.6 Å². The molecule has 0 spiro atoms. The average molecular weight is 251 g/mol. The fraction of sp³-hybridized carbons (Fsp3) is 0.667. The summed E-state index contributed by atoms with van der Waals surface area (Å²) in [5.41, 5.74) is 5.71. The highest BCUT2D eigenvalue weighted by Crippen LogP contribution is 2.22. The molecule has 1 aromatic heterocycles. The van der Waals surface area contributed by atoms with Gasteiger partial charge in [-0.15, -0.1) is 0 Å². The summed E-state index contributed by atoms with van der Waals surface area (Å²) in [5, 5.41) is 2.99. The van der Waals surface area contributed by atoms with Crippen LogP contribution >= 0.6 is 0 Å². The van der Waals surface area contributed by atoms with E-state index < -0.39 is 0 Å². The third-order valence-corrected chi connectivity index (χ3v) is 3.09. The van der Waals surface area contributed by atoms with E-state index in [1.54, 1.807) is 0 Å². The molecule has 0 radical (unpaired) electrons. The first-order chi connectivity index (χ1) is 8.72. The van der Waals surface area contributed by atoms with E-state index >= 15 is 0 Å². The van der Waals surface area contributed by atoms with Crippen LogP contribution in [0.3, 0.4) is 0 Å². The fourth-order valence-corrected chi connectivity index (χ4v) is 2.26. The Hall–Kier alpha value is -1.56. The number of nitrogen functional groups attached to an aromatic ring is 1. The number of hydrogen-bond donors (Lipinski definition) is 2. The number of ether oxygens (including phenoxy) is 1. The molecule has 6 nitrogen and oxygen atoms in total. The minimum Gasteiger partial charge on any atom is -0.377 e. The molecule has 2 rings (SSSR count). The van der Waals surface area contributed by atoms with E-state index in [-0.39, 0.29) is 6.10 Å². The Morgan fingerprint density at radius 3 is 3.11 bits per heavy atom. The van der Waals surface area contributed by atoms with E-state index in [1.165, 1.54) is 0 Å². The number of anilines is 3. The van der Waals surface area contributed by atoms with Crippen molar-refractivity contribution in [3.05, 3.63) is 6.07 Å². The van der Waals surface area contributed by atoms with Crippen LogP contribution in [0.2, 0.25) is 0 Å². The summed E-state index contributed by atoms with van der Waals surface area (Å²) in [7, 11) is 1.82. The molecule has 0 saturated carbocycles. The Kier molecular flexibility index (Phi) is 4.19. The molecule has 1 atom stereocenters. The summed E-state index contributed by atoms with van der Waals surface area (Å²) in [6.07, 6.45) is 2.52. The van der Waals surface area contributed by atoms with Crippen molar-refractivity contribution in [2.45, 2.75) is 25.9 Å². The van der Waals surface area contributed by atoms with Gasteiger partial charge in [-0.25, -0.2) is 0 Å². The molecule has 0 aromatic carbocycles. The van der Waals surface area contributed by atoms with E-state index in [0.717, 1.165) is 44.2 Å². The first-order valence-electron chi connectivity index (χ1n) is 6.41. The highest BCUT2D eigenvalue weighted by molar-refractivity contribution is 5.52. The monoisotopic (exact) mass is 251 g/mol. The lowest BCUT2D eigenvalue weighted by atomic mass is 10.1. The van der Waals surface area contributed by atoms with Crippen molar-refractivity contribution in [3.8, 4) is 0 Å². The molecule has 100 valence electrons. The maximum atomic E-state index is 5.71. The van der Waals surface area contributed by atoms with Gasteiger partial charge in [0.2, 0.25) is 5.95 Å². The van der Waals surface area contributed by atoms with Crippen LogP contribution in [0, 0.1) is 0 Å². The molecule has 1 aliphatic rings. The summed E-state index contributed by atoms with van der Waals surface area (Å²) >= 11 is 0. The van der Waals surface area contributed by atoms with Crippen LogP contribution in [0.15, 0.2) is 6.07 Å². The summed E-state index contributed by atoms with van der Waals surface area (Å²) < 4.78 is 5.69. The van der Waals surface area contributed by atoms with Gasteiger partial charge in [-0.2, -0.15) is 9.97 Å². The molecule has 1 aromatic rings. The Labute approximate surface area is 108 Å². The zero-order valence-corrected chi connectivity index (χ0v) is 11.0. The number of rotatable bonds is 4. The maximum Gasteiger partial charge on any atom is 0.223 e. The molecule has 0 amide bonds. The lowest BCUT2D eigenvalue weighted by Crippen LogP contribution is -2.40. The SMILES string of the molecule is CCOC1CCCN(c2cc(NC)nc(N)n2)C1. The molecule has 3 N–H and O–H groups in total. The molecule has 1 saturated heterocycles. The first kappa shape index (κ1) is 12.9. The highest BCUT2D eigenvalue weighted by Gasteiger charge is 2.21. The van der Waals surface area contributed by atoms with Crippen LogP contribution in [0.5, 0.6) is 0 Å². The standard InChI is InChI=1S/C12H21N5O/c1-3-18-9-5-4-6-17(8-9)11-7-10(14-2)15-12(13)16-11/h7,9H,3-6,8H2,1-2H3,(H3,13,14,15,16). The molecule has 1 unspecified atom stereocenters. The van der Waals surface area contributed by atoms with Gasteiger partial charge in [-0.05, 0) is 19.8 Å². The van der Waals surface area contributed by atoms with Gasteiger partial charge in [0.15, 0.2) is 0 Å². The van der Waals surface area contributed by atoms with Gasteiger partial charge < -0.3 is 20.7 Å². The third-order valence-electron chi connectivity index (χ3n) is 3.09. The van der Waals surface area contributed by atoms with Crippen molar-refractivity contribution in [3.63, 3.8) is 0 Å². The van der Waals surface area contributed by atoms with Crippen LogP contribution < -0.4 is 16.0 Å².